The Kier molecular flexibility index (Phi) is 3.27. The van der Waals surface area contributed by atoms with Crippen LogP contribution in [0.3, 0.4) is 0 Å². The van der Waals surface area contributed by atoms with Gasteiger partial charge in [-0.15, -0.1) is 0 Å². The fraction of sp³-hybridized carbons (Fsp3) is 0.333. The van der Waals surface area contributed by atoms with Crippen molar-refractivity contribution in [2.24, 2.45) is 5.92 Å². The molecular formula is C12H13NO4. The van der Waals surface area contributed by atoms with Crippen LogP contribution in [-0.2, 0) is 9.59 Å². The van der Waals surface area contributed by atoms with Crippen LogP contribution in [0.4, 0.5) is 5.69 Å². The number of nitrogens with one attached hydrogen (secondary N) is 1. The normalized spacial score (nSPS) is 14.1. The molecule has 0 radical (unpaired) electrons. The lowest BCUT2D eigenvalue weighted by Gasteiger charge is -2.06. The van der Waals surface area contributed by atoms with Crippen molar-refractivity contribution >= 4 is 17.6 Å². The number of carbonyl (C=O) groups is 2. The molecule has 0 aliphatic heterocycles. The number of aliphatic carboxylic acids is 1. The highest BCUT2D eigenvalue weighted by Crippen LogP contribution is 2.30. The summed E-state index contributed by atoms with van der Waals surface area (Å²) >= 11 is 0. The third-order valence-corrected chi connectivity index (χ3v) is 2.43. The Morgan fingerprint density at radius 1 is 1.29 bits per heavy atom. The quantitative estimate of drug-likeness (QED) is 0.810. The fourth-order valence-corrected chi connectivity index (χ4v) is 1.37. The maximum atomic E-state index is 11.5. The fourth-order valence-electron chi connectivity index (χ4n) is 1.37. The molecule has 90 valence electrons. The first-order chi connectivity index (χ1) is 8.15. The molecule has 2 N–H and O–H groups in total. The van der Waals surface area contributed by atoms with Gasteiger partial charge in [-0.25, -0.2) is 4.79 Å². The lowest BCUT2D eigenvalue weighted by Crippen LogP contribution is -2.13. The Labute approximate surface area is 98.4 Å². The van der Waals surface area contributed by atoms with E-state index < -0.39 is 5.97 Å². The molecule has 1 aromatic carbocycles. The summed E-state index contributed by atoms with van der Waals surface area (Å²) in [5.41, 5.74) is 0.699. The third kappa shape index (κ3) is 3.48. The maximum Gasteiger partial charge on any atom is 0.341 e. The van der Waals surface area contributed by atoms with Crippen molar-refractivity contribution in [2.75, 3.05) is 11.9 Å². The van der Waals surface area contributed by atoms with Crippen LogP contribution in [0.25, 0.3) is 0 Å². The third-order valence-electron chi connectivity index (χ3n) is 2.43. The van der Waals surface area contributed by atoms with E-state index in [1.807, 2.05) is 0 Å². The summed E-state index contributed by atoms with van der Waals surface area (Å²) in [6.45, 7) is -0.367. The van der Waals surface area contributed by atoms with Crippen molar-refractivity contribution in [1.29, 1.82) is 0 Å². The molecular weight excluding hydrogens is 222 g/mol. The van der Waals surface area contributed by atoms with Crippen molar-refractivity contribution in [3.63, 3.8) is 0 Å². The average Bonchev–Trinajstić information content (AvgIpc) is 3.12. The molecule has 0 saturated heterocycles. The van der Waals surface area contributed by atoms with Gasteiger partial charge in [-0.05, 0) is 37.1 Å². The van der Waals surface area contributed by atoms with E-state index in [1.54, 1.807) is 24.3 Å². The molecule has 2 rings (SSSR count). The number of carboxylic acids is 1. The van der Waals surface area contributed by atoms with Crippen molar-refractivity contribution in [3.05, 3.63) is 24.3 Å². The van der Waals surface area contributed by atoms with E-state index in [1.165, 1.54) is 0 Å². The second-order valence-corrected chi connectivity index (χ2v) is 3.97. The molecule has 0 unspecified atom stereocenters. The summed E-state index contributed by atoms with van der Waals surface area (Å²) in [5.74, 6) is -0.338. The van der Waals surface area contributed by atoms with Crippen molar-refractivity contribution < 1.29 is 19.4 Å². The van der Waals surface area contributed by atoms with Gasteiger partial charge in [-0.2, -0.15) is 0 Å². The van der Waals surface area contributed by atoms with Crippen molar-refractivity contribution in [2.45, 2.75) is 12.8 Å². The molecule has 1 amide bonds. The second kappa shape index (κ2) is 4.86. The minimum Gasteiger partial charge on any atom is -0.482 e. The second-order valence-electron chi connectivity index (χ2n) is 3.97. The molecule has 1 aliphatic rings. The molecule has 1 fully saturated rings. The summed E-state index contributed by atoms with van der Waals surface area (Å²) < 4.78 is 4.97. The van der Waals surface area contributed by atoms with Gasteiger partial charge in [0.1, 0.15) is 5.75 Å². The van der Waals surface area contributed by atoms with E-state index in [9.17, 15) is 9.59 Å². The predicted molar refractivity (Wildman–Crippen MR) is 60.9 cm³/mol. The van der Waals surface area contributed by atoms with Gasteiger partial charge in [0.2, 0.25) is 5.91 Å². The van der Waals surface area contributed by atoms with E-state index in [2.05, 4.69) is 5.32 Å². The van der Waals surface area contributed by atoms with Gasteiger partial charge in [0, 0.05) is 11.6 Å². The van der Waals surface area contributed by atoms with Crippen molar-refractivity contribution in [1.82, 2.24) is 0 Å². The zero-order valence-corrected chi connectivity index (χ0v) is 9.18. The first-order valence-corrected chi connectivity index (χ1v) is 5.40. The number of benzene rings is 1. The van der Waals surface area contributed by atoms with Gasteiger partial charge in [0.05, 0.1) is 0 Å². The Morgan fingerprint density at radius 3 is 2.47 bits per heavy atom. The van der Waals surface area contributed by atoms with Crippen molar-refractivity contribution in [3.8, 4) is 5.75 Å². The summed E-state index contributed by atoms with van der Waals surface area (Å²) in [4.78, 5) is 21.7. The number of anilines is 1. The van der Waals surface area contributed by atoms with Gasteiger partial charge in [0.25, 0.3) is 0 Å². The zero-order valence-electron chi connectivity index (χ0n) is 9.18. The van der Waals surface area contributed by atoms with E-state index >= 15 is 0 Å². The Hall–Kier alpha value is -2.04. The number of carbonyl (C=O) groups excluding carboxylic acids is 1. The van der Waals surface area contributed by atoms with Gasteiger partial charge in [-0.1, -0.05) is 0 Å². The molecule has 0 heterocycles. The number of amides is 1. The van der Waals surface area contributed by atoms with Gasteiger partial charge in [0.15, 0.2) is 6.61 Å². The minimum atomic E-state index is -1.02. The summed E-state index contributed by atoms with van der Waals surface area (Å²) in [6, 6.07) is 6.64. The summed E-state index contributed by atoms with van der Waals surface area (Å²) in [6.07, 6.45) is 1.93. The number of rotatable bonds is 5. The average molecular weight is 235 g/mol. The Balaban J connectivity index is 1.88. The van der Waals surface area contributed by atoms with Crippen LogP contribution in [0.2, 0.25) is 0 Å². The van der Waals surface area contributed by atoms with E-state index in [4.69, 9.17) is 9.84 Å². The lowest BCUT2D eigenvalue weighted by molar-refractivity contribution is -0.139. The van der Waals surface area contributed by atoms with Gasteiger partial charge < -0.3 is 15.2 Å². The topological polar surface area (TPSA) is 75.6 Å². The number of hydrogen-bond acceptors (Lipinski definition) is 3. The highest BCUT2D eigenvalue weighted by Gasteiger charge is 2.29. The Morgan fingerprint density at radius 2 is 1.94 bits per heavy atom. The monoisotopic (exact) mass is 235 g/mol. The lowest BCUT2D eigenvalue weighted by atomic mass is 10.3. The number of hydrogen-bond donors (Lipinski definition) is 2. The molecule has 0 aromatic heterocycles. The van der Waals surface area contributed by atoms with Crippen LogP contribution in [-0.4, -0.2) is 23.6 Å². The van der Waals surface area contributed by atoms with Crippen LogP contribution in [0.15, 0.2) is 24.3 Å². The van der Waals surface area contributed by atoms with Gasteiger partial charge >= 0.3 is 5.97 Å². The highest BCUT2D eigenvalue weighted by molar-refractivity contribution is 5.94. The molecule has 17 heavy (non-hydrogen) atoms. The van der Waals surface area contributed by atoms with E-state index in [0.717, 1.165) is 12.8 Å². The van der Waals surface area contributed by atoms with Crippen LogP contribution in [0.1, 0.15) is 12.8 Å². The Bertz CT molecular complexity index is 423. The highest BCUT2D eigenvalue weighted by atomic mass is 16.5. The standard InChI is InChI=1S/C12H13NO4/c14-11(15)7-17-10-5-3-9(4-6-10)13-12(16)8-1-2-8/h3-6,8H,1-2,7H2,(H,13,16)(H,14,15). The first-order valence-electron chi connectivity index (χ1n) is 5.40. The molecule has 1 saturated carbocycles. The van der Waals surface area contributed by atoms with Gasteiger partial charge in [-0.3, -0.25) is 4.79 Å². The van der Waals surface area contributed by atoms with Crippen LogP contribution in [0, 0.1) is 5.92 Å². The van der Waals surface area contributed by atoms with E-state index in [0.29, 0.717) is 11.4 Å². The molecule has 1 aliphatic carbocycles. The summed E-state index contributed by atoms with van der Waals surface area (Å²) in [5, 5.41) is 11.2. The molecule has 0 bridgehead atoms. The first kappa shape index (κ1) is 11.4. The smallest absolute Gasteiger partial charge is 0.341 e. The maximum absolute atomic E-state index is 11.5. The SMILES string of the molecule is O=C(O)COc1ccc(NC(=O)C2CC2)cc1. The minimum absolute atomic E-state index is 0.0456. The largest absolute Gasteiger partial charge is 0.482 e. The van der Waals surface area contributed by atoms with Crippen LogP contribution < -0.4 is 10.1 Å². The number of carboxylic acid groups (broad SMARTS) is 1. The van der Waals surface area contributed by atoms with Crippen LogP contribution in [0.5, 0.6) is 5.75 Å². The molecule has 1 aromatic rings. The molecule has 0 spiro atoms. The molecule has 0 atom stereocenters. The zero-order chi connectivity index (χ0) is 12.3. The van der Waals surface area contributed by atoms with E-state index in [-0.39, 0.29) is 18.4 Å². The molecule has 5 heteroatoms. The predicted octanol–water partition coefficient (Wildman–Crippen LogP) is 1.50. The van der Waals surface area contributed by atoms with Crippen LogP contribution >= 0.6 is 0 Å². The summed E-state index contributed by atoms with van der Waals surface area (Å²) in [7, 11) is 0. The molecule has 5 nitrogen and oxygen atoms in total. The number of ether oxygens (including phenoxy) is 1.